The van der Waals surface area contributed by atoms with Crippen LogP contribution in [0.5, 0.6) is 0 Å². The third-order valence-corrected chi connectivity index (χ3v) is 4.23. The van der Waals surface area contributed by atoms with Crippen LogP contribution < -0.4 is 16.8 Å². The largest absolute Gasteiger partial charge is 0.389 e. The average Bonchev–Trinajstić information content (AvgIpc) is 2.59. The number of nitrogens with two attached hydrogens (primary N) is 2. The molecular formula is C19H19N5O4. The first-order chi connectivity index (χ1) is 13.3. The Hall–Kier alpha value is -3.75. The molecule has 0 aliphatic carbocycles. The Morgan fingerprint density at radius 1 is 1.14 bits per heavy atom. The number of anilines is 3. The summed E-state index contributed by atoms with van der Waals surface area (Å²) in [6, 6.07) is 9.08. The van der Waals surface area contributed by atoms with Crippen molar-refractivity contribution in [3.63, 3.8) is 0 Å². The molecule has 1 aliphatic rings. The number of hydrogen-bond donors (Lipinski definition) is 3. The summed E-state index contributed by atoms with van der Waals surface area (Å²) in [7, 11) is 0. The number of benzene rings is 1. The van der Waals surface area contributed by atoms with Crippen molar-refractivity contribution in [1.82, 2.24) is 9.97 Å². The highest BCUT2D eigenvalue weighted by Crippen LogP contribution is 2.43. The number of ketones is 1. The fraction of sp³-hybridized carbons (Fsp3) is 0.211. The van der Waals surface area contributed by atoms with E-state index in [1.54, 1.807) is 6.92 Å². The molecule has 9 nitrogen and oxygen atoms in total. The van der Waals surface area contributed by atoms with Crippen molar-refractivity contribution in [3.8, 4) is 0 Å². The summed E-state index contributed by atoms with van der Waals surface area (Å²) in [5.41, 5.74) is 13.6. The molecule has 2 heterocycles. The molecule has 5 N–H and O–H groups in total. The lowest BCUT2D eigenvalue weighted by Crippen LogP contribution is -2.28. The van der Waals surface area contributed by atoms with Crippen LogP contribution >= 0.6 is 0 Å². The van der Waals surface area contributed by atoms with Gasteiger partial charge in [0, 0.05) is 11.3 Å². The van der Waals surface area contributed by atoms with Crippen LogP contribution in [-0.4, -0.2) is 27.7 Å². The Balaban J connectivity index is 2.10. The SMILES string of the molecule is CC(=O)CC(=O)OC(=O)C1=C(C)Nc2nc(N)nc(N)c2C1c1ccccc1. The number of ether oxygens (including phenoxy) is 1. The molecule has 0 bridgehead atoms. The number of fused-ring (bicyclic) bond motifs is 1. The Morgan fingerprint density at radius 3 is 2.46 bits per heavy atom. The van der Waals surface area contributed by atoms with E-state index in [0.29, 0.717) is 17.1 Å². The monoisotopic (exact) mass is 381 g/mol. The second kappa shape index (κ2) is 7.47. The van der Waals surface area contributed by atoms with E-state index >= 15 is 0 Å². The summed E-state index contributed by atoms with van der Waals surface area (Å²) in [5, 5.41) is 2.98. The van der Waals surface area contributed by atoms with Gasteiger partial charge in [-0.1, -0.05) is 30.3 Å². The summed E-state index contributed by atoms with van der Waals surface area (Å²) >= 11 is 0. The Kier molecular flexibility index (Phi) is 5.08. The van der Waals surface area contributed by atoms with Gasteiger partial charge >= 0.3 is 11.9 Å². The molecule has 0 amide bonds. The lowest BCUT2D eigenvalue weighted by Gasteiger charge is -2.29. The zero-order valence-electron chi connectivity index (χ0n) is 15.4. The van der Waals surface area contributed by atoms with E-state index in [-0.39, 0.29) is 17.3 Å². The molecular weight excluding hydrogens is 362 g/mol. The van der Waals surface area contributed by atoms with Gasteiger partial charge in [0.15, 0.2) is 0 Å². The Labute approximate surface area is 160 Å². The molecule has 1 aliphatic heterocycles. The van der Waals surface area contributed by atoms with Crippen molar-refractivity contribution in [3.05, 3.63) is 52.7 Å². The van der Waals surface area contributed by atoms with E-state index in [9.17, 15) is 14.4 Å². The van der Waals surface area contributed by atoms with Crippen molar-refractivity contribution in [2.45, 2.75) is 26.2 Å². The van der Waals surface area contributed by atoms with Crippen LogP contribution in [0.15, 0.2) is 41.6 Å². The third kappa shape index (κ3) is 3.68. The van der Waals surface area contributed by atoms with Gasteiger partial charge in [0.25, 0.3) is 0 Å². The molecule has 1 aromatic heterocycles. The van der Waals surface area contributed by atoms with E-state index in [0.717, 1.165) is 5.56 Å². The fourth-order valence-corrected chi connectivity index (χ4v) is 3.14. The number of carbonyl (C=O) groups is 3. The van der Waals surface area contributed by atoms with Crippen molar-refractivity contribution in [2.24, 2.45) is 0 Å². The highest BCUT2D eigenvalue weighted by Gasteiger charge is 2.37. The van der Waals surface area contributed by atoms with Gasteiger partial charge in [-0.2, -0.15) is 9.97 Å². The van der Waals surface area contributed by atoms with Crippen LogP contribution in [0.4, 0.5) is 17.6 Å². The average molecular weight is 381 g/mol. The molecule has 1 unspecified atom stereocenters. The normalized spacial score (nSPS) is 15.4. The number of carbonyl (C=O) groups excluding carboxylic acids is 3. The molecule has 9 heteroatoms. The zero-order chi connectivity index (χ0) is 20.4. The lowest BCUT2D eigenvalue weighted by molar-refractivity contribution is -0.157. The number of esters is 2. The van der Waals surface area contributed by atoms with Crippen molar-refractivity contribution < 1.29 is 19.1 Å². The number of nitrogens with zero attached hydrogens (tertiary/aromatic N) is 2. The maximum absolute atomic E-state index is 12.8. The molecule has 0 fully saturated rings. The molecule has 1 atom stereocenters. The van der Waals surface area contributed by atoms with Crippen LogP contribution in [0.2, 0.25) is 0 Å². The highest BCUT2D eigenvalue weighted by atomic mass is 16.6. The van der Waals surface area contributed by atoms with Gasteiger partial charge in [0.05, 0.1) is 11.5 Å². The van der Waals surface area contributed by atoms with E-state index < -0.39 is 30.1 Å². The summed E-state index contributed by atoms with van der Waals surface area (Å²) in [4.78, 5) is 43.9. The minimum Gasteiger partial charge on any atom is -0.389 e. The van der Waals surface area contributed by atoms with Crippen LogP contribution in [0, 0.1) is 0 Å². The number of nitrogen functional groups attached to an aromatic ring is 2. The summed E-state index contributed by atoms with van der Waals surface area (Å²) in [6.45, 7) is 2.89. The molecule has 3 rings (SSSR count). The molecule has 144 valence electrons. The summed E-state index contributed by atoms with van der Waals surface area (Å²) in [5.74, 6) is -2.38. The second-order valence-corrected chi connectivity index (χ2v) is 6.38. The molecule has 0 spiro atoms. The number of allylic oxidation sites excluding steroid dienone is 1. The first kappa shape index (κ1) is 19.0. The first-order valence-electron chi connectivity index (χ1n) is 8.48. The molecule has 2 aromatic rings. The number of nitrogens with one attached hydrogen (secondary N) is 1. The predicted molar refractivity (Wildman–Crippen MR) is 102 cm³/mol. The van der Waals surface area contributed by atoms with Gasteiger partial charge in [-0.05, 0) is 19.4 Å². The van der Waals surface area contributed by atoms with Gasteiger partial charge in [-0.3, -0.25) is 9.59 Å². The maximum Gasteiger partial charge on any atom is 0.344 e. The van der Waals surface area contributed by atoms with Gasteiger partial charge in [-0.15, -0.1) is 0 Å². The quantitative estimate of drug-likeness (QED) is 0.529. The topological polar surface area (TPSA) is 150 Å². The highest BCUT2D eigenvalue weighted by molar-refractivity contribution is 6.04. The minimum absolute atomic E-state index is 0.00831. The van der Waals surface area contributed by atoms with Crippen LogP contribution in [0.3, 0.4) is 0 Å². The molecule has 0 saturated carbocycles. The smallest absolute Gasteiger partial charge is 0.344 e. The molecule has 0 radical (unpaired) electrons. The van der Waals surface area contributed by atoms with E-state index in [1.807, 2.05) is 30.3 Å². The minimum atomic E-state index is -0.920. The van der Waals surface area contributed by atoms with Gasteiger partial charge in [0.1, 0.15) is 23.8 Å². The lowest BCUT2D eigenvalue weighted by atomic mass is 9.82. The third-order valence-electron chi connectivity index (χ3n) is 4.23. The van der Waals surface area contributed by atoms with E-state index in [2.05, 4.69) is 15.3 Å². The molecule has 28 heavy (non-hydrogen) atoms. The number of Topliss-reactive ketones (excluding diaryl/α,β-unsaturated/α-hetero) is 1. The summed E-state index contributed by atoms with van der Waals surface area (Å²) < 4.78 is 4.90. The number of hydrogen-bond acceptors (Lipinski definition) is 9. The standard InChI is InChI=1S/C19H19N5O4/c1-9(25)8-12(26)28-18(27)13-10(2)22-17-15(16(20)23-19(21)24-17)14(13)11-6-4-3-5-7-11/h3-7,14H,8H2,1-2H3,(H5,20,21,22,23,24). The molecule has 0 saturated heterocycles. The van der Waals surface area contributed by atoms with Crippen molar-refractivity contribution >= 4 is 35.3 Å². The Morgan fingerprint density at radius 2 is 1.82 bits per heavy atom. The van der Waals surface area contributed by atoms with Crippen LogP contribution in [-0.2, 0) is 19.1 Å². The van der Waals surface area contributed by atoms with Crippen molar-refractivity contribution in [2.75, 3.05) is 16.8 Å². The van der Waals surface area contributed by atoms with Crippen molar-refractivity contribution in [1.29, 1.82) is 0 Å². The number of aromatic nitrogens is 2. The van der Waals surface area contributed by atoms with E-state index in [4.69, 9.17) is 16.2 Å². The van der Waals surface area contributed by atoms with Crippen LogP contribution in [0.1, 0.15) is 37.3 Å². The Bertz CT molecular complexity index is 1000. The summed E-state index contributed by atoms with van der Waals surface area (Å²) in [6.07, 6.45) is -0.486. The van der Waals surface area contributed by atoms with Gasteiger partial charge < -0.3 is 21.5 Å². The van der Waals surface area contributed by atoms with E-state index in [1.165, 1.54) is 6.92 Å². The molecule has 1 aromatic carbocycles. The fourth-order valence-electron chi connectivity index (χ4n) is 3.14. The predicted octanol–water partition coefficient (Wildman–Crippen LogP) is 1.52. The maximum atomic E-state index is 12.8. The first-order valence-corrected chi connectivity index (χ1v) is 8.48. The second-order valence-electron chi connectivity index (χ2n) is 6.38. The van der Waals surface area contributed by atoms with Crippen LogP contribution in [0.25, 0.3) is 0 Å². The van der Waals surface area contributed by atoms with Gasteiger partial charge in [0.2, 0.25) is 5.95 Å². The van der Waals surface area contributed by atoms with Gasteiger partial charge in [-0.25, -0.2) is 4.79 Å². The number of rotatable bonds is 4. The zero-order valence-corrected chi connectivity index (χ0v) is 15.4.